The van der Waals surface area contributed by atoms with Crippen molar-refractivity contribution in [3.05, 3.63) is 91.8 Å². The molecule has 0 fully saturated rings. The number of rotatable bonds is 5. The summed E-state index contributed by atoms with van der Waals surface area (Å²) in [4.78, 5) is 35.4. The van der Waals surface area contributed by atoms with Gasteiger partial charge in [-0.15, -0.1) is 5.10 Å². The Morgan fingerprint density at radius 2 is 1.88 bits per heavy atom. The van der Waals surface area contributed by atoms with Gasteiger partial charge in [-0.3, -0.25) is 19.7 Å². The summed E-state index contributed by atoms with van der Waals surface area (Å²) >= 11 is 6.97. The van der Waals surface area contributed by atoms with Crippen LogP contribution in [0.4, 0.5) is 10.7 Å². The van der Waals surface area contributed by atoms with Crippen molar-refractivity contribution in [3.8, 4) is 0 Å². The molecule has 1 aliphatic rings. The van der Waals surface area contributed by atoms with Gasteiger partial charge in [0.05, 0.1) is 20.4 Å². The third-order valence-corrected chi connectivity index (χ3v) is 5.88. The fourth-order valence-electron chi connectivity index (χ4n) is 3.00. The van der Waals surface area contributed by atoms with E-state index in [1.54, 1.807) is 48.5 Å². The molecule has 0 bridgehead atoms. The number of hydrazone groups is 1. The van der Waals surface area contributed by atoms with Crippen LogP contribution >= 0.6 is 22.9 Å². The topological polar surface area (TPSA) is 114 Å². The quantitative estimate of drug-likeness (QED) is 0.425. The molecule has 2 heterocycles. The Kier molecular flexibility index (Phi) is 5.89. The molecule has 4 rings (SSSR count). The molecule has 0 saturated carbocycles. The van der Waals surface area contributed by atoms with Gasteiger partial charge < -0.3 is 10.1 Å². The van der Waals surface area contributed by atoms with Crippen molar-refractivity contribution in [1.29, 1.82) is 0 Å². The zero-order valence-corrected chi connectivity index (χ0v) is 18.1. The van der Waals surface area contributed by atoms with Crippen molar-refractivity contribution in [2.24, 2.45) is 5.10 Å². The van der Waals surface area contributed by atoms with Crippen LogP contribution in [0, 0.1) is 10.1 Å². The summed E-state index contributed by atoms with van der Waals surface area (Å²) < 4.78 is 5.84. The standard InChI is InChI=1S/C21H15ClN4O5S/c1-12(27)25-21(31-20(24-25)17-10-11-18(32-17)26(29)30)13-6-8-14(9-7-13)23-19(28)15-4-2-3-5-16(15)22/h2-11,21H,1H3,(H,23,28)/t21-/m0/s1. The van der Waals surface area contributed by atoms with E-state index in [4.69, 9.17) is 16.3 Å². The Morgan fingerprint density at radius 3 is 2.50 bits per heavy atom. The first-order valence-electron chi connectivity index (χ1n) is 9.29. The maximum atomic E-state index is 12.4. The molecule has 0 radical (unpaired) electrons. The first kappa shape index (κ1) is 21.5. The van der Waals surface area contributed by atoms with E-state index in [2.05, 4.69) is 10.4 Å². The summed E-state index contributed by atoms with van der Waals surface area (Å²) in [5.41, 5.74) is 1.49. The number of ether oxygens (including phenoxy) is 1. The molecule has 0 aliphatic carbocycles. The van der Waals surface area contributed by atoms with E-state index in [1.165, 1.54) is 19.1 Å². The third kappa shape index (κ3) is 4.32. The molecule has 1 N–H and O–H groups in total. The minimum atomic E-state index is -0.836. The summed E-state index contributed by atoms with van der Waals surface area (Å²) in [6.07, 6.45) is -0.836. The number of halogens is 1. The molecular formula is C21H15ClN4O5S. The van der Waals surface area contributed by atoms with Gasteiger partial charge in [0, 0.05) is 24.2 Å². The Hall–Kier alpha value is -3.76. The second-order valence-corrected chi connectivity index (χ2v) is 8.16. The van der Waals surface area contributed by atoms with Crippen LogP contribution in [-0.2, 0) is 9.53 Å². The van der Waals surface area contributed by atoms with Crippen LogP contribution < -0.4 is 5.32 Å². The lowest BCUT2D eigenvalue weighted by Crippen LogP contribution is -2.25. The Labute approximate surface area is 191 Å². The number of carbonyl (C=O) groups excluding carboxylic acids is 2. The molecule has 11 heteroatoms. The van der Waals surface area contributed by atoms with Gasteiger partial charge in [-0.25, -0.2) is 0 Å². The highest BCUT2D eigenvalue weighted by atomic mass is 35.5. The van der Waals surface area contributed by atoms with Gasteiger partial charge in [-0.2, -0.15) is 5.01 Å². The zero-order chi connectivity index (χ0) is 22.8. The number of hydrogen-bond acceptors (Lipinski definition) is 7. The smallest absolute Gasteiger partial charge is 0.324 e. The average molecular weight is 471 g/mol. The van der Waals surface area contributed by atoms with Gasteiger partial charge in [-0.1, -0.05) is 47.2 Å². The summed E-state index contributed by atoms with van der Waals surface area (Å²) in [5.74, 6) is -0.581. The number of nitrogens with one attached hydrogen (secondary N) is 1. The Morgan fingerprint density at radius 1 is 1.16 bits per heavy atom. The van der Waals surface area contributed by atoms with Crippen molar-refractivity contribution >= 4 is 51.3 Å². The number of benzene rings is 2. The molecule has 1 aromatic heterocycles. The van der Waals surface area contributed by atoms with E-state index in [9.17, 15) is 19.7 Å². The molecule has 2 aromatic carbocycles. The molecule has 32 heavy (non-hydrogen) atoms. The van der Waals surface area contributed by atoms with E-state index < -0.39 is 11.2 Å². The number of amides is 2. The summed E-state index contributed by atoms with van der Waals surface area (Å²) in [6, 6.07) is 16.3. The molecule has 1 atom stereocenters. The monoisotopic (exact) mass is 470 g/mol. The number of anilines is 1. The van der Waals surface area contributed by atoms with Crippen LogP contribution in [0.5, 0.6) is 0 Å². The van der Waals surface area contributed by atoms with Crippen molar-refractivity contribution < 1.29 is 19.2 Å². The van der Waals surface area contributed by atoms with Crippen LogP contribution in [0.25, 0.3) is 0 Å². The lowest BCUT2D eigenvalue weighted by Gasteiger charge is -2.19. The normalized spacial score (nSPS) is 15.1. The van der Waals surface area contributed by atoms with Crippen molar-refractivity contribution in [2.45, 2.75) is 13.2 Å². The van der Waals surface area contributed by atoms with Crippen LogP contribution in [-0.4, -0.2) is 27.6 Å². The minimum absolute atomic E-state index is 0.0530. The predicted molar refractivity (Wildman–Crippen MR) is 120 cm³/mol. The fraction of sp³-hybridized carbons (Fsp3) is 0.0952. The van der Waals surface area contributed by atoms with Crippen LogP contribution in [0.1, 0.15) is 34.0 Å². The summed E-state index contributed by atoms with van der Waals surface area (Å²) in [7, 11) is 0. The average Bonchev–Trinajstić information content (AvgIpc) is 3.42. The van der Waals surface area contributed by atoms with E-state index in [-0.39, 0.29) is 22.7 Å². The first-order valence-corrected chi connectivity index (χ1v) is 10.5. The first-order chi connectivity index (χ1) is 15.3. The van der Waals surface area contributed by atoms with Crippen molar-refractivity contribution in [1.82, 2.24) is 5.01 Å². The van der Waals surface area contributed by atoms with Gasteiger partial charge in [-0.05, 0) is 30.3 Å². The van der Waals surface area contributed by atoms with E-state index in [0.717, 1.165) is 16.3 Å². The number of nitrogens with zero attached hydrogens (tertiary/aromatic N) is 3. The van der Waals surface area contributed by atoms with Crippen LogP contribution in [0.15, 0.2) is 65.8 Å². The second kappa shape index (κ2) is 8.77. The van der Waals surface area contributed by atoms with Gasteiger partial charge in [0.2, 0.25) is 12.1 Å². The molecule has 9 nitrogen and oxygen atoms in total. The number of thiophene rings is 1. The number of nitro groups is 1. The van der Waals surface area contributed by atoms with Crippen molar-refractivity contribution in [2.75, 3.05) is 5.32 Å². The lowest BCUT2D eigenvalue weighted by molar-refractivity contribution is -0.380. The Balaban J connectivity index is 1.51. The zero-order valence-electron chi connectivity index (χ0n) is 16.5. The highest BCUT2D eigenvalue weighted by molar-refractivity contribution is 7.17. The molecular weight excluding hydrogens is 456 g/mol. The third-order valence-electron chi connectivity index (χ3n) is 4.52. The Bertz CT molecular complexity index is 1240. The lowest BCUT2D eigenvalue weighted by atomic mass is 10.1. The molecule has 0 saturated heterocycles. The predicted octanol–water partition coefficient (Wildman–Crippen LogP) is 4.80. The fourth-order valence-corrected chi connectivity index (χ4v) is 3.97. The molecule has 0 unspecified atom stereocenters. The van der Waals surface area contributed by atoms with Crippen LogP contribution in [0.3, 0.4) is 0 Å². The molecule has 0 spiro atoms. The number of carbonyl (C=O) groups is 2. The van der Waals surface area contributed by atoms with Crippen molar-refractivity contribution in [3.63, 3.8) is 0 Å². The molecule has 2 amide bonds. The summed E-state index contributed by atoms with van der Waals surface area (Å²) in [5, 5.41) is 19.3. The van der Waals surface area contributed by atoms with Gasteiger partial charge in [0.1, 0.15) is 0 Å². The highest BCUT2D eigenvalue weighted by Gasteiger charge is 2.34. The van der Waals surface area contributed by atoms with Gasteiger partial charge in [0.25, 0.3) is 11.8 Å². The SMILES string of the molecule is CC(=O)N1N=C(c2ccc([N+](=O)[O-])s2)O[C@H]1c1ccc(NC(=O)c2ccccc2Cl)cc1. The highest BCUT2D eigenvalue weighted by Crippen LogP contribution is 2.34. The minimum Gasteiger partial charge on any atom is -0.445 e. The molecule has 162 valence electrons. The van der Waals surface area contributed by atoms with Gasteiger partial charge >= 0.3 is 5.00 Å². The maximum absolute atomic E-state index is 12.4. The number of hydrogen-bond donors (Lipinski definition) is 1. The van der Waals surface area contributed by atoms with E-state index >= 15 is 0 Å². The summed E-state index contributed by atoms with van der Waals surface area (Å²) in [6.45, 7) is 1.35. The molecule has 3 aromatic rings. The van der Waals surface area contributed by atoms with E-state index in [0.29, 0.717) is 26.7 Å². The largest absolute Gasteiger partial charge is 0.445 e. The second-order valence-electron chi connectivity index (χ2n) is 6.69. The van der Waals surface area contributed by atoms with Crippen LogP contribution in [0.2, 0.25) is 5.02 Å². The molecule has 1 aliphatic heterocycles. The van der Waals surface area contributed by atoms with E-state index in [1.807, 2.05) is 0 Å². The van der Waals surface area contributed by atoms with Gasteiger partial charge in [0.15, 0.2) is 0 Å². The maximum Gasteiger partial charge on any atom is 0.324 e.